The highest BCUT2D eigenvalue weighted by atomic mass is 79.9. The monoisotopic (exact) mass is 355 g/mol. The Morgan fingerprint density at radius 3 is 2.85 bits per heavy atom. The Morgan fingerprint density at radius 2 is 2.20 bits per heavy atom. The molecule has 6 heteroatoms. The van der Waals surface area contributed by atoms with E-state index < -0.39 is 5.82 Å². The molecule has 3 rings (SSSR count). The molecule has 0 aliphatic heterocycles. The second-order valence-corrected chi connectivity index (χ2v) is 6.32. The quantitative estimate of drug-likeness (QED) is 0.601. The molecule has 1 aromatic heterocycles. The van der Waals surface area contributed by atoms with Crippen LogP contribution in [0.15, 0.2) is 32.2 Å². The van der Waals surface area contributed by atoms with E-state index in [4.69, 9.17) is 4.52 Å². The molecule has 0 saturated heterocycles. The maximum atomic E-state index is 14.1. The molecule has 1 saturated carbocycles. The summed E-state index contributed by atoms with van der Waals surface area (Å²) >= 11 is 4.35. The molecule has 0 amide bonds. The van der Waals surface area contributed by atoms with Crippen LogP contribution in [0.1, 0.15) is 40.4 Å². The first-order valence-electron chi connectivity index (χ1n) is 6.14. The van der Waals surface area contributed by atoms with Gasteiger partial charge in [-0.3, -0.25) is 4.79 Å². The molecule has 0 N–H and O–H groups in total. The molecule has 2 aromatic rings. The Hall–Kier alpha value is -1.14. The zero-order chi connectivity index (χ0) is 14.3. The maximum Gasteiger partial charge on any atom is 0.199 e. The molecule has 1 aliphatic rings. The van der Waals surface area contributed by atoms with Crippen LogP contribution in [0.2, 0.25) is 0 Å². The van der Waals surface area contributed by atoms with Crippen LogP contribution in [0.4, 0.5) is 4.39 Å². The molecule has 0 spiro atoms. The molecule has 20 heavy (non-hydrogen) atoms. The maximum absolute atomic E-state index is 14.1. The lowest BCUT2D eigenvalue weighted by Crippen LogP contribution is -2.06. The van der Waals surface area contributed by atoms with Crippen molar-refractivity contribution in [1.82, 2.24) is 5.16 Å². The highest BCUT2D eigenvalue weighted by Gasteiger charge is 2.33. The predicted molar refractivity (Wildman–Crippen MR) is 77.8 cm³/mol. The second kappa shape index (κ2) is 5.33. The zero-order valence-electron chi connectivity index (χ0n) is 10.7. The van der Waals surface area contributed by atoms with Gasteiger partial charge in [0.2, 0.25) is 0 Å². The van der Waals surface area contributed by atoms with Gasteiger partial charge in [-0.15, -0.1) is 11.8 Å². The van der Waals surface area contributed by atoms with Crippen molar-refractivity contribution >= 4 is 33.5 Å². The van der Waals surface area contributed by atoms with E-state index in [1.807, 2.05) is 0 Å². The molecule has 0 radical (unpaired) electrons. The minimum atomic E-state index is -0.409. The standard InChI is InChI=1S/C14H11BrFNO2S/c1-20-14-8(4-5-10(15)11(14)16)12(18)9-6-17-19-13(9)7-2-3-7/h4-7H,2-3H2,1H3. The minimum Gasteiger partial charge on any atom is -0.360 e. The molecule has 0 atom stereocenters. The lowest BCUT2D eigenvalue weighted by Gasteiger charge is -2.08. The van der Waals surface area contributed by atoms with Crippen molar-refractivity contribution in [3.05, 3.63) is 45.5 Å². The van der Waals surface area contributed by atoms with Crippen LogP contribution in [-0.4, -0.2) is 17.2 Å². The molecule has 1 aromatic carbocycles. The molecule has 3 nitrogen and oxygen atoms in total. The van der Waals surface area contributed by atoms with Gasteiger partial charge in [-0.25, -0.2) is 4.39 Å². The number of nitrogens with zero attached hydrogens (tertiary/aromatic N) is 1. The number of hydrogen-bond acceptors (Lipinski definition) is 4. The molecular formula is C14H11BrFNO2S. The highest BCUT2D eigenvalue weighted by molar-refractivity contribution is 9.10. The fourth-order valence-corrected chi connectivity index (χ4v) is 3.25. The first-order chi connectivity index (χ1) is 9.63. The van der Waals surface area contributed by atoms with Gasteiger partial charge in [-0.1, -0.05) is 5.16 Å². The van der Waals surface area contributed by atoms with Gasteiger partial charge in [0.05, 0.1) is 21.1 Å². The van der Waals surface area contributed by atoms with E-state index in [1.54, 1.807) is 18.4 Å². The highest BCUT2D eigenvalue weighted by Crippen LogP contribution is 2.42. The summed E-state index contributed by atoms with van der Waals surface area (Å²) in [5.41, 5.74) is 0.799. The average molecular weight is 356 g/mol. The number of carbonyl (C=O) groups excluding carboxylic acids is 1. The fourth-order valence-electron chi connectivity index (χ4n) is 2.11. The lowest BCUT2D eigenvalue weighted by atomic mass is 10.0. The fraction of sp³-hybridized carbons (Fsp3) is 0.286. The van der Waals surface area contributed by atoms with Gasteiger partial charge >= 0.3 is 0 Å². The Bertz CT molecular complexity index is 682. The van der Waals surface area contributed by atoms with Crippen LogP contribution >= 0.6 is 27.7 Å². The van der Waals surface area contributed by atoms with E-state index in [0.717, 1.165) is 12.8 Å². The summed E-state index contributed by atoms with van der Waals surface area (Å²) in [4.78, 5) is 12.9. The molecule has 1 fully saturated rings. The van der Waals surface area contributed by atoms with Gasteiger partial charge in [-0.2, -0.15) is 0 Å². The topological polar surface area (TPSA) is 43.1 Å². The molecule has 0 bridgehead atoms. The summed E-state index contributed by atoms with van der Waals surface area (Å²) in [6, 6.07) is 3.18. The minimum absolute atomic E-state index is 0.232. The van der Waals surface area contributed by atoms with Gasteiger partial charge < -0.3 is 4.52 Å². The smallest absolute Gasteiger partial charge is 0.199 e. The van der Waals surface area contributed by atoms with Crippen molar-refractivity contribution in [1.29, 1.82) is 0 Å². The van der Waals surface area contributed by atoms with Crippen LogP contribution in [0.25, 0.3) is 0 Å². The van der Waals surface area contributed by atoms with Crippen molar-refractivity contribution in [3.63, 3.8) is 0 Å². The summed E-state index contributed by atoms with van der Waals surface area (Å²) < 4.78 is 19.6. The third-order valence-corrected chi connectivity index (χ3v) is 4.71. The molecular weight excluding hydrogens is 345 g/mol. The number of halogens is 2. The van der Waals surface area contributed by atoms with E-state index in [1.165, 1.54) is 18.0 Å². The number of hydrogen-bond donors (Lipinski definition) is 0. The van der Waals surface area contributed by atoms with Crippen LogP contribution in [0, 0.1) is 5.82 Å². The number of thioether (sulfide) groups is 1. The van der Waals surface area contributed by atoms with E-state index in [-0.39, 0.29) is 11.7 Å². The zero-order valence-corrected chi connectivity index (χ0v) is 13.1. The van der Waals surface area contributed by atoms with Crippen molar-refractivity contribution in [3.8, 4) is 0 Å². The number of ketones is 1. The molecule has 104 valence electrons. The third kappa shape index (κ3) is 2.31. The second-order valence-electron chi connectivity index (χ2n) is 4.65. The van der Waals surface area contributed by atoms with Gasteiger partial charge in [0, 0.05) is 11.5 Å². The summed E-state index contributed by atoms with van der Waals surface area (Å²) in [5, 5.41) is 3.72. The third-order valence-electron chi connectivity index (χ3n) is 3.29. The molecule has 0 unspecified atom stereocenters. The Labute approximate surface area is 128 Å². The number of carbonyl (C=O) groups is 1. The molecule has 1 aliphatic carbocycles. The summed E-state index contributed by atoms with van der Waals surface area (Å²) in [7, 11) is 0. The number of aromatic nitrogens is 1. The van der Waals surface area contributed by atoms with Crippen molar-refractivity contribution < 1.29 is 13.7 Å². The van der Waals surface area contributed by atoms with Crippen LogP contribution in [0.3, 0.4) is 0 Å². The van der Waals surface area contributed by atoms with Crippen LogP contribution in [-0.2, 0) is 0 Å². The Kier molecular flexibility index (Phi) is 3.69. The largest absolute Gasteiger partial charge is 0.360 e. The van der Waals surface area contributed by atoms with Gasteiger partial charge in [-0.05, 0) is 47.2 Å². The van der Waals surface area contributed by atoms with Gasteiger partial charge in [0.15, 0.2) is 17.4 Å². The summed E-state index contributed by atoms with van der Waals surface area (Å²) in [6.07, 6.45) is 5.20. The molecule has 1 heterocycles. The number of rotatable bonds is 4. The van der Waals surface area contributed by atoms with Gasteiger partial charge in [0.1, 0.15) is 0 Å². The summed E-state index contributed by atoms with van der Waals surface area (Å²) in [6.45, 7) is 0. The first kappa shape index (κ1) is 13.8. The summed E-state index contributed by atoms with van der Waals surface area (Å²) in [5.74, 6) is 0.275. The lowest BCUT2D eigenvalue weighted by molar-refractivity contribution is 0.103. The van der Waals surface area contributed by atoms with E-state index in [2.05, 4.69) is 21.1 Å². The Balaban J connectivity index is 2.06. The normalized spacial score (nSPS) is 14.6. The van der Waals surface area contributed by atoms with Crippen molar-refractivity contribution in [2.75, 3.05) is 6.26 Å². The van der Waals surface area contributed by atoms with Crippen LogP contribution < -0.4 is 0 Å². The van der Waals surface area contributed by atoms with Crippen molar-refractivity contribution in [2.45, 2.75) is 23.7 Å². The van der Waals surface area contributed by atoms with Gasteiger partial charge in [0.25, 0.3) is 0 Å². The van der Waals surface area contributed by atoms with Crippen molar-refractivity contribution in [2.24, 2.45) is 0 Å². The van der Waals surface area contributed by atoms with E-state index >= 15 is 0 Å². The van der Waals surface area contributed by atoms with E-state index in [0.29, 0.717) is 26.3 Å². The SMILES string of the molecule is CSc1c(C(=O)c2cnoc2C2CC2)ccc(Br)c1F. The predicted octanol–water partition coefficient (Wildman–Crippen LogP) is 4.41. The van der Waals surface area contributed by atoms with E-state index in [9.17, 15) is 9.18 Å². The average Bonchev–Trinajstić information content (AvgIpc) is 3.18. The van der Waals surface area contributed by atoms with Crippen LogP contribution in [0.5, 0.6) is 0 Å². The Morgan fingerprint density at radius 1 is 1.45 bits per heavy atom. The number of benzene rings is 1. The first-order valence-corrected chi connectivity index (χ1v) is 8.16.